The van der Waals surface area contributed by atoms with Crippen LogP contribution in [0.2, 0.25) is 5.02 Å². The van der Waals surface area contributed by atoms with Crippen LogP contribution < -0.4 is 5.32 Å². The Labute approximate surface area is 121 Å². The van der Waals surface area contributed by atoms with Crippen LogP contribution in [0.25, 0.3) is 0 Å². The van der Waals surface area contributed by atoms with Gasteiger partial charge in [-0.2, -0.15) is 5.06 Å². The lowest BCUT2D eigenvalue weighted by Gasteiger charge is -2.28. The molecule has 0 radical (unpaired) electrons. The minimum absolute atomic E-state index is 0.282. The molecular weight excluding hydrogens is 276 g/mol. The Hall–Kier alpha value is -2.04. The minimum Gasteiger partial charge on any atom is -0.306 e. The number of fused-ring (bicyclic) bond motifs is 1. The highest BCUT2D eigenvalue weighted by Gasteiger charge is 2.23. The van der Waals surface area contributed by atoms with Gasteiger partial charge in [-0.15, -0.1) is 0 Å². The van der Waals surface area contributed by atoms with E-state index in [4.69, 9.17) is 16.4 Å². The summed E-state index contributed by atoms with van der Waals surface area (Å²) in [6.07, 6.45) is 0. The van der Waals surface area contributed by atoms with E-state index in [1.54, 1.807) is 12.1 Å². The monoisotopic (exact) mass is 288 g/mol. The summed E-state index contributed by atoms with van der Waals surface area (Å²) in [4.78, 5) is 17.5. The number of nitrogens with one attached hydrogen (secondary N) is 1. The van der Waals surface area contributed by atoms with Gasteiger partial charge in [0.1, 0.15) is 6.61 Å². The average Bonchev–Trinajstić information content (AvgIpc) is 2.46. The van der Waals surface area contributed by atoms with Crippen LogP contribution in [0.1, 0.15) is 11.1 Å². The van der Waals surface area contributed by atoms with E-state index in [0.29, 0.717) is 18.2 Å². The van der Waals surface area contributed by atoms with Gasteiger partial charge in [-0.1, -0.05) is 48.0 Å². The molecular formula is C15H13ClN2O2. The van der Waals surface area contributed by atoms with E-state index in [2.05, 4.69) is 5.32 Å². The number of hydroxylamine groups is 2. The van der Waals surface area contributed by atoms with Crippen molar-refractivity contribution in [1.82, 2.24) is 5.06 Å². The third-order valence-corrected chi connectivity index (χ3v) is 3.32. The van der Waals surface area contributed by atoms with E-state index < -0.39 is 0 Å². The Bertz CT molecular complexity index is 631. The third-order valence-electron chi connectivity index (χ3n) is 3.08. The molecule has 0 unspecified atom stereocenters. The molecule has 0 spiro atoms. The molecule has 2 aromatic carbocycles. The highest BCUT2D eigenvalue weighted by molar-refractivity contribution is 6.31. The molecule has 0 saturated carbocycles. The summed E-state index contributed by atoms with van der Waals surface area (Å²) >= 11 is 5.91. The van der Waals surface area contributed by atoms with Crippen molar-refractivity contribution in [2.24, 2.45) is 0 Å². The Morgan fingerprint density at radius 3 is 2.80 bits per heavy atom. The van der Waals surface area contributed by atoms with E-state index in [9.17, 15) is 4.79 Å². The van der Waals surface area contributed by atoms with Gasteiger partial charge >= 0.3 is 6.03 Å². The molecule has 102 valence electrons. The normalized spacial score (nSPS) is 13.8. The van der Waals surface area contributed by atoms with Crippen molar-refractivity contribution < 1.29 is 9.63 Å². The van der Waals surface area contributed by atoms with Gasteiger partial charge in [-0.3, -0.25) is 4.84 Å². The quantitative estimate of drug-likeness (QED) is 0.933. The van der Waals surface area contributed by atoms with Crippen LogP contribution in [0.5, 0.6) is 0 Å². The molecule has 0 bridgehead atoms. The molecule has 1 N–H and O–H groups in total. The van der Waals surface area contributed by atoms with Gasteiger partial charge in [0.05, 0.1) is 6.54 Å². The summed E-state index contributed by atoms with van der Waals surface area (Å²) in [5, 5.41) is 4.69. The lowest BCUT2D eigenvalue weighted by molar-refractivity contribution is -0.132. The van der Waals surface area contributed by atoms with Crippen molar-refractivity contribution in [2.45, 2.75) is 13.2 Å². The number of hydrogen-bond donors (Lipinski definition) is 1. The number of amides is 2. The van der Waals surface area contributed by atoms with Crippen LogP contribution >= 0.6 is 11.6 Å². The Morgan fingerprint density at radius 1 is 1.20 bits per heavy atom. The number of carbonyl (C=O) groups excluding carboxylic acids is 1. The van der Waals surface area contributed by atoms with Crippen molar-refractivity contribution in [1.29, 1.82) is 0 Å². The van der Waals surface area contributed by atoms with E-state index in [1.807, 2.05) is 36.4 Å². The molecule has 0 aliphatic carbocycles. The fraction of sp³-hybridized carbons (Fsp3) is 0.133. The predicted octanol–water partition coefficient (Wildman–Crippen LogP) is 3.82. The Kier molecular flexibility index (Phi) is 3.58. The fourth-order valence-corrected chi connectivity index (χ4v) is 2.21. The highest BCUT2D eigenvalue weighted by Crippen LogP contribution is 2.26. The summed E-state index contributed by atoms with van der Waals surface area (Å²) < 4.78 is 0. The maximum Gasteiger partial charge on any atom is 0.346 e. The smallest absolute Gasteiger partial charge is 0.306 e. The van der Waals surface area contributed by atoms with Crippen molar-refractivity contribution in [2.75, 3.05) is 5.32 Å². The van der Waals surface area contributed by atoms with Crippen molar-refractivity contribution in [3.63, 3.8) is 0 Å². The molecule has 2 aromatic rings. The van der Waals surface area contributed by atoms with Crippen LogP contribution in [0.15, 0.2) is 48.5 Å². The number of anilines is 1. The van der Waals surface area contributed by atoms with E-state index in [0.717, 1.165) is 16.8 Å². The maximum atomic E-state index is 11.9. The summed E-state index contributed by atoms with van der Waals surface area (Å²) in [5.74, 6) is 0. The summed E-state index contributed by atoms with van der Waals surface area (Å²) in [7, 11) is 0. The molecule has 1 aliphatic rings. The molecule has 20 heavy (non-hydrogen) atoms. The number of halogens is 1. The largest absolute Gasteiger partial charge is 0.346 e. The van der Waals surface area contributed by atoms with Gasteiger partial charge in [-0.05, 0) is 23.3 Å². The van der Waals surface area contributed by atoms with Crippen LogP contribution in [-0.2, 0) is 18.0 Å². The number of benzene rings is 2. The molecule has 0 aromatic heterocycles. The first kappa shape index (κ1) is 13.0. The zero-order valence-corrected chi connectivity index (χ0v) is 11.4. The van der Waals surface area contributed by atoms with Gasteiger partial charge in [-0.25, -0.2) is 4.79 Å². The van der Waals surface area contributed by atoms with Gasteiger partial charge < -0.3 is 5.32 Å². The van der Waals surface area contributed by atoms with Gasteiger partial charge in [0.25, 0.3) is 0 Å². The summed E-state index contributed by atoms with van der Waals surface area (Å²) in [5.41, 5.74) is 2.73. The number of hydrogen-bond acceptors (Lipinski definition) is 2. The SMILES string of the molecule is O=C1Nc2cc(Cl)ccc2CN1OCc1ccccc1. The molecule has 3 rings (SSSR count). The molecule has 0 atom stereocenters. The molecule has 0 fully saturated rings. The maximum absolute atomic E-state index is 11.9. The minimum atomic E-state index is -0.282. The van der Waals surface area contributed by atoms with Crippen molar-refractivity contribution in [3.05, 3.63) is 64.7 Å². The highest BCUT2D eigenvalue weighted by atomic mass is 35.5. The van der Waals surface area contributed by atoms with E-state index in [1.165, 1.54) is 5.06 Å². The molecule has 0 saturated heterocycles. The van der Waals surface area contributed by atoms with Crippen LogP contribution in [0.4, 0.5) is 10.5 Å². The lowest BCUT2D eigenvalue weighted by atomic mass is 10.1. The Morgan fingerprint density at radius 2 is 2.00 bits per heavy atom. The van der Waals surface area contributed by atoms with Gasteiger partial charge in [0.15, 0.2) is 0 Å². The zero-order valence-electron chi connectivity index (χ0n) is 10.7. The first-order valence-electron chi connectivity index (χ1n) is 6.26. The second-order valence-electron chi connectivity index (χ2n) is 4.53. The van der Waals surface area contributed by atoms with Gasteiger partial charge in [0, 0.05) is 10.7 Å². The van der Waals surface area contributed by atoms with Crippen molar-refractivity contribution >= 4 is 23.3 Å². The number of rotatable bonds is 3. The first-order chi connectivity index (χ1) is 9.72. The molecule has 4 nitrogen and oxygen atoms in total. The predicted molar refractivity (Wildman–Crippen MR) is 77.2 cm³/mol. The van der Waals surface area contributed by atoms with Crippen LogP contribution in [0.3, 0.4) is 0 Å². The zero-order chi connectivity index (χ0) is 13.9. The molecule has 1 heterocycles. The van der Waals surface area contributed by atoms with E-state index in [-0.39, 0.29) is 6.03 Å². The fourth-order valence-electron chi connectivity index (χ4n) is 2.04. The van der Waals surface area contributed by atoms with E-state index >= 15 is 0 Å². The number of carbonyl (C=O) groups is 1. The lowest BCUT2D eigenvalue weighted by Crippen LogP contribution is -2.38. The Balaban J connectivity index is 1.70. The van der Waals surface area contributed by atoms with Crippen LogP contribution in [0, 0.1) is 0 Å². The summed E-state index contributed by atoms with van der Waals surface area (Å²) in [6, 6.07) is 14.9. The molecule has 2 amide bonds. The van der Waals surface area contributed by atoms with Gasteiger partial charge in [0.2, 0.25) is 0 Å². The molecule has 5 heteroatoms. The number of nitrogens with zero attached hydrogens (tertiary/aromatic N) is 1. The van der Waals surface area contributed by atoms with Crippen molar-refractivity contribution in [3.8, 4) is 0 Å². The average molecular weight is 289 g/mol. The number of urea groups is 1. The third kappa shape index (κ3) is 2.76. The second kappa shape index (κ2) is 5.53. The second-order valence-corrected chi connectivity index (χ2v) is 4.96. The first-order valence-corrected chi connectivity index (χ1v) is 6.64. The summed E-state index contributed by atoms with van der Waals surface area (Å²) in [6.45, 7) is 0.766. The van der Waals surface area contributed by atoms with Crippen LogP contribution in [-0.4, -0.2) is 11.1 Å². The topological polar surface area (TPSA) is 41.6 Å². The molecule has 1 aliphatic heterocycles. The standard InChI is InChI=1S/C15H13ClN2O2/c16-13-7-6-12-9-18(15(19)17-14(12)8-13)20-10-11-4-2-1-3-5-11/h1-8H,9-10H2,(H,17,19).